The molecular weight excluding hydrogens is 374 g/mol. The van der Waals surface area contributed by atoms with E-state index in [2.05, 4.69) is 5.32 Å². The van der Waals surface area contributed by atoms with Gasteiger partial charge in [-0.05, 0) is 23.3 Å². The van der Waals surface area contributed by atoms with Gasteiger partial charge in [-0.1, -0.05) is 91.0 Å². The van der Waals surface area contributed by atoms with Crippen molar-refractivity contribution in [2.24, 2.45) is 11.8 Å². The highest BCUT2D eigenvalue weighted by atomic mass is 16.4. The zero-order valence-corrected chi connectivity index (χ0v) is 16.4. The van der Waals surface area contributed by atoms with Gasteiger partial charge in [0.1, 0.15) is 0 Å². The number of nitrogens with one attached hydrogen (secondary N) is 1. The molecule has 4 nitrogen and oxygen atoms in total. The first-order valence-electron chi connectivity index (χ1n) is 10.0. The minimum absolute atomic E-state index is 0.285. The third-order valence-electron chi connectivity index (χ3n) is 5.68. The molecule has 0 bridgehead atoms. The Hall–Kier alpha value is -3.66. The molecule has 4 heteroatoms. The number of para-hydroxylation sites is 1. The van der Waals surface area contributed by atoms with Crippen LogP contribution in [0.5, 0.6) is 0 Å². The Balaban J connectivity index is 1.78. The second-order valence-corrected chi connectivity index (χ2v) is 7.50. The van der Waals surface area contributed by atoms with Crippen molar-refractivity contribution in [1.29, 1.82) is 0 Å². The summed E-state index contributed by atoms with van der Waals surface area (Å²) >= 11 is 0. The van der Waals surface area contributed by atoms with E-state index in [1.807, 2.05) is 91.0 Å². The highest BCUT2D eigenvalue weighted by molar-refractivity contribution is 5.96. The predicted octanol–water partition coefficient (Wildman–Crippen LogP) is 5.08. The van der Waals surface area contributed by atoms with Crippen LogP contribution in [0.25, 0.3) is 0 Å². The van der Waals surface area contributed by atoms with E-state index in [0.717, 1.165) is 11.1 Å². The van der Waals surface area contributed by atoms with Gasteiger partial charge in [0.25, 0.3) is 0 Å². The van der Waals surface area contributed by atoms with Gasteiger partial charge in [-0.25, -0.2) is 0 Å². The standard InChI is InChI=1S/C26H23NO3/c28-25(27-20-14-8-3-9-15-20)23-21(18-10-4-1-5-11-18)16-17-22(24(23)26(29)30)19-12-6-2-7-13-19/h1-17,21-24H,(H,27,28)(H,29,30)/t21-,22+,23-,24+/m1/s1. The van der Waals surface area contributed by atoms with Gasteiger partial charge in [0.2, 0.25) is 5.91 Å². The summed E-state index contributed by atoms with van der Waals surface area (Å²) in [7, 11) is 0. The summed E-state index contributed by atoms with van der Waals surface area (Å²) in [5, 5.41) is 13.1. The van der Waals surface area contributed by atoms with Crippen LogP contribution in [0.1, 0.15) is 23.0 Å². The SMILES string of the molecule is O=C(O)[C@@H]1[C@H](C(=O)Nc2ccccc2)[C@@H](c2ccccc2)C=C[C@H]1c1ccccc1. The molecule has 4 atom stereocenters. The molecule has 0 aliphatic heterocycles. The molecule has 0 fully saturated rings. The largest absolute Gasteiger partial charge is 0.481 e. The molecule has 0 saturated heterocycles. The molecule has 0 aromatic heterocycles. The molecule has 3 aromatic rings. The van der Waals surface area contributed by atoms with Gasteiger partial charge in [0, 0.05) is 17.5 Å². The Bertz CT molecular complexity index is 1030. The lowest BCUT2D eigenvalue weighted by Crippen LogP contribution is -2.42. The fraction of sp³-hybridized carbons (Fsp3) is 0.154. The van der Waals surface area contributed by atoms with Crippen LogP contribution >= 0.6 is 0 Å². The molecule has 0 unspecified atom stereocenters. The maximum absolute atomic E-state index is 13.4. The summed E-state index contributed by atoms with van der Waals surface area (Å²) in [6.45, 7) is 0. The first kappa shape index (κ1) is 19.6. The lowest BCUT2D eigenvalue weighted by atomic mass is 9.66. The quantitative estimate of drug-likeness (QED) is 0.590. The highest BCUT2D eigenvalue weighted by Crippen LogP contribution is 2.45. The number of benzene rings is 3. The summed E-state index contributed by atoms with van der Waals surface area (Å²) in [6.07, 6.45) is 3.93. The fourth-order valence-corrected chi connectivity index (χ4v) is 4.29. The van der Waals surface area contributed by atoms with Gasteiger partial charge in [-0.15, -0.1) is 0 Å². The summed E-state index contributed by atoms with van der Waals surface area (Å²) in [5.41, 5.74) is 2.48. The predicted molar refractivity (Wildman–Crippen MR) is 117 cm³/mol. The number of hydrogen-bond donors (Lipinski definition) is 2. The number of carbonyl (C=O) groups is 2. The van der Waals surface area contributed by atoms with Crippen molar-refractivity contribution >= 4 is 17.6 Å². The molecule has 0 spiro atoms. The average Bonchev–Trinajstić information content (AvgIpc) is 2.80. The number of anilines is 1. The van der Waals surface area contributed by atoms with Crippen molar-refractivity contribution in [2.75, 3.05) is 5.32 Å². The Morgan fingerprint density at radius 1 is 0.633 bits per heavy atom. The van der Waals surface area contributed by atoms with Crippen LogP contribution in [0.2, 0.25) is 0 Å². The molecule has 30 heavy (non-hydrogen) atoms. The number of allylic oxidation sites excluding steroid dienone is 2. The molecule has 1 aliphatic carbocycles. The van der Waals surface area contributed by atoms with Crippen molar-refractivity contribution in [1.82, 2.24) is 0 Å². The number of rotatable bonds is 5. The Morgan fingerprint density at radius 3 is 1.53 bits per heavy atom. The first-order valence-corrected chi connectivity index (χ1v) is 10.0. The second kappa shape index (κ2) is 8.78. The molecule has 1 aliphatic rings. The summed E-state index contributed by atoms with van der Waals surface area (Å²) < 4.78 is 0. The van der Waals surface area contributed by atoms with Crippen molar-refractivity contribution in [3.8, 4) is 0 Å². The monoisotopic (exact) mass is 397 g/mol. The Kier molecular flexibility index (Phi) is 5.75. The van der Waals surface area contributed by atoms with Crippen molar-refractivity contribution in [2.45, 2.75) is 11.8 Å². The Labute approximate surface area is 175 Å². The zero-order valence-electron chi connectivity index (χ0n) is 16.4. The minimum Gasteiger partial charge on any atom is -0.481 e. The van der Waals surface area contributed by atoms with E-state index in [4.69, 9.17) is 0 Å². The van der Waals surface area contributed by atoms with E-state index in [1.54, 1.807) is 12.1 Å². The number of carboxylic acid groups (broad SMARTS) is 1. The van der Waals surface area contributed by atoms with Crippen LogP contribution in [0.3, 0.4) is 0 Å². The molecule has 4 rings (SSSR count). The van der Waals surface area contributed by atoms with E-state index >= 15 is 0 Å². The number of carboxylic acids is 1. The number of aliphatic carboxylic acids is 1. The zero-order chi connectivity index (χ0) is 20.9. The molecule has 150 valence electrons. The number of carbonyl (C=O) groups excluding carboxylic acids is 1. The maximum atomic E-state index is 13.4. The van der Waals surface area contributed by atoms with Crippen LogP contribution < -0.4 is 5.32 Å². The lowest BCUT2D eigenvalue weighted by molar-refractivity contribution is -0.147. The van der Waals surface area contributed by atoms with Crippen LogP contribution in [0, 0.1) is 11.8 Å². The molecule has 2 N–H and O–H groups in total. The van der Waals surface area contributed by atoms with Gasteiger partial charge >= 0.3 is 5.97 Å². The third-order valence-corrected chi connectivity index (χ3v) is 5.68. The van der Waals surface area contributed by atoms with Gasteiger partial charge in [-0.3, -0.25) is 9.59 Å². The Morgan fingerprint density at radius 2 is 1.07 bits per heavy atom. The number of hydrogen-bond acceptors (Lipinski definition) is 2. The summed E-state index contributed by atoms with van der Waals surface area (Å²) in [5.74, 6) is -3.59. The van der Waals surface area contributed by atoms with Crippen molar-refractivity contribution in [3.05, 3.63) is 114 Å². The van der Waals surface area contributed by atoms with E-state index in [1.165, 1.54) is 0 Å². The van der Waals surface area contributed by atoms with E-state index in [-0.39, 0.29) is 17.7 Å². The van der Waals surface area contributed by atoms with Crippen LogP contribution in [-0.4, -0.2) is 17.0 Å². The molecule has 0 saturated carbocycles. The second-order valence-electron chi connectivity index (χ2n) is 7.50. The van der Waals surface area contributed by atoms with Crippen LogP contribution in [0.15, 0.2) is 103 Å². The summed E-state index contributed by atoms with van der Waals surface area (Å²) in [4.78, 5) is 25.9. The minimum atomic E-state index is -0.970. The summed E-state index contributed by atoms with van der Waals surface area (Å²) in [6, 6.07) is 28.3. The lowest BCUT2D eigenvalue weighted by Gasteiger charge is -2.37. The molecule has 3 aromatic carbocycles. The first-order chi connectivity index (χ1) is 14.6. The molecule has 0 radical (unpaired) electrons. The third kappa shape index (κ3) is 4.03. The van der Waals surface area contributed by atoms with Crippen molar-refractivity contribution < 1.29 is 14.7 Å². The molecular formula is C26H23NO3. The van der Waals surface area contributed by atoms with E-state index in [9.17, 15) is 14.7 Å². The normalized spacial score (nSPS) is 22.9. The van der Waals surface area contributed by atoms with Crippen LogP contribution in [0.4, 0.5) is 5.69 Å². The highest BCUT2D eigenvalue weighted by Gasteiger charge is 2.46. The average molecular weight is 397 g/mol. The van der Waals surface area contributed by atoms with Gasteiger partial charge in [0.05, 0.1) is 11.8 Å². The molecule has 0 heterocycles. The number of amides is 1. The van der Waals surface area contributed by atoms with Crippen molar-refractivity contribution in [3.63, 3.8) is 0 Å². The van der Waals surface area contributed by atoms with Crippen LogP contribution in [-0.2, 0) is 9.59 Å². The van der Waals surface area contributed by atoms with E-state index < -0.39 is 17.8 Å². The van der Waals surface area contributed by atoms with E-state index in [0.29, 0.717) is 5.69 Å². The van der Waals surface area contributed by atoms with Gasteiger partial charge in [0.15, 0.2) is 0 Å². The maximum Gasteiger partial charge on any atom is 0.308 e. The fourth-order valence-electron chi connectivity index (χ4n) is 4.29. The molecule has 1 amide bonds. The van der Waals surface area contributed by atoms with Gasteiger partial charge < -0.3 is 10.4 Å². The topological polar surface area (TPSA) is 66.4 Å². The smallest absolute Gasteiger partial charge is 0.308 e. The van der Waals surface area contributed by atoms with Gasteiger partial charge in [-0.2, -0.15) is 0 Å².